The van der Waals surface area contributed by atoms with Crippen molar-refractivity contribution in [3.63, 3.8) is 0 Å². The molecule has 1 rings (SSSR count). The van der Waals surface area contributed by atoms with Gasteiger partial charge in [-0.1, -0.05) is 0 Å². The van der Waals surface area contributed by atoms with Crippen LogP contribution in [0.5, 0.6) is 0 Å². The molecule has 1 aromatic rings. The summed E-state index contributed by atoms with van der Waals surface area (Å²) in [6, 6.07) is 6.39. The van der Waals surface area contributed by atoms with Gasteiger partial charge in [0, 0.05) is 0 Å². The fourth-order valence-electron chi connectivity index (χ4n) is 0.743. The van der Waals surface area contributed by atoms with Gasteiger partial charge in [0.2, 0.25) is 0 Å². The zero-order valence-electron chi connectivity index (χ0n) is 5.93. The van der Waals surface area contributed by atoms with E-state index in [0.29, 0.717) is 3.61 Å². The molecule has 0 heterocycles. The molecule has 0 fully saturated rings. The summed E-state index contributed by atoms with van der Waals surface area (Å²) in [5, 5.41) is 18.8. The van der Waals surface area contributed by atoms with E-state index >= 15 is 0 Å². The van der Waals surface area contributed by atoms with Crippen molar-refractivity contribution in [1.82, 2.24) is 0 Å². The van der Waals surface area contributed by atoms with Crippen molar-refractivity contribution in [3.8, 4) is 4.12 Å². The van der Waals surface area contributed by atoms with Crippen molar-refractivity contribution in [2.24, 2.45) is 0 Å². The topological polar surface area (TPSA) is 66.9 Å². The molecule has 5 heteroatoms. The summed E-state index contributed by atoms with van der Waals surface area (Å²) in [4.78, 5) is 9.97. The molecule has 0 spiro atoms. The third kappa shape index (κ3) is 1.94. The average molecular weight is 276 g/mol. The molecule has 12 heavy (non-hydrogen) atoms. The fourth-order valence-corrected chi connectivity index (χ4v) is 2.15. The SMILES string of the molecule is N#C[Te]c1ccccc1[N+](=O)[O-]. The number of nitrogens with zero attached hydrogens (tertiary/aromatic N) is 2. The van der Waals surface area contributed by atoms with Crippen LogP contribution in [0.4, 0.5) is 5.69 Å². The van der Waals surface area contributed by atoms with Crippen LogP contribution in [-0.4, -0.2) is 25.8 Å². The molecule has 0 aliphatic carbocycles. The molecule has 1 aromatic carbocycles. The predicted octanol–water partition coefficient (Wildman–Crippen LogP) is 0.405. The number of hydrogen-bond acceptors (Lipinski definition) is 3. The van der Waals surface area contributed by atoms with Gasteiger partial charge in [-0.25, -0.2) is 0 Å². The van der Waals surface area contributed by atoms with E-state index in [2.05, 4.69) is 0 Å². The van der Waals surface area contributed by atoms with Crippen molar-refractivity contribution < 1.29 is 4.92 Å². The fraction of sp³-hybridized carbons (Fsp3) is 0. The Morgan fingerprint density at radius 2 is 2.17 bits per heavy atom. The Labute approximate surface area is 79.0 Å². The predicted molar refractivity (Wildman–Crippen MR) is 44.1 cm³/mol. The molecule has 0 N–H and O–H groups in total. The Morgan fingerprint density at radius 1 is 1.50 bits per heavy atom. The number of hydrogen-bond donors (Lipinski definition) is 0. The molecule has 0 unspecified atom stereocenters. The second-order valence-corrected chi connectivity index (χ2v) is 4.28. The van der Waals surface area contributed by atoms with Gasteiger partial charge in [0.05, 0.1) is 0 Å². The summed E-state index contributed by atoms with van der Waals surface area (Å²) < 4.78 is 2.60. The number of nitro benzene ring substituents is 1. The third-order valence-electron chi connectivity index (χ3n) is 1.22. The average Bonchev–Trinajstić information content (AvgIpc) is 2.05. The molecule has 0 radical (unpaired) electrons. The van der Waals surface area contributed by atoms with Gasteiger partial charge in [-0.2, -0.15) is 0 Å². The van der Waals surface area contributed by atoms with Crippen LogP contribution in [0.1, 0.15) is 0 Å². The Morgan fingerprint density at radius 3 is 2.75 bits per heavy atom. The first-order chi connectivity index (χ1) is 5.75. The molecule has 0 aliphatic heterocycles. The van der Waals surface area contributed by atoms with Gasteiger partial charge < -0.3 is 0 Å². The van der Waals surface area contributed by atoms with E-state index in [9.17, 15) is 10.1 Å². The van der Waals surface area contributed by atoms with Crippen LogP contribution in [0.15, 0.2) is 24.3 Å². The monoisotopic (exact) mass is 278 g/mol. The minimum absolute atomic E-state index is 0.0708. The van der Waals surface area contributed by atoms with Crippen molar-refractivity contribution >= 4 is 30.2 Å². The Kier molecular flexibility index (Phi) is 3.04. The van der Waals surface area contributed by atoms with Crippen molar-refractivity contribution in [2.75, 3.05) is 0 Å². The number of nitro groups is 1. The van der Waals surface area contributed by atoms with E-state index in [1.807, 2.05) is 4.12 Å². The van der Waals surface area contributed by atoms with Crippen LogP contribution in [-0.2, 0) is 0 Å². The van der Waals surface area contributed by atoms with E-state index in [1.165, 1.54) is 6.07 Å². The molecular formula is C7H4N2O2Te. The maximum atomic E-state index is 10.4. The number of nitriles is 1. The summed E-state index contributed by atoms with van der Waals surface area (Å²) in [5.41, 5.74) is 0.0708. The molecule has 60 valence electrons. The van der Waals surface area contributed by atoms with Crippen LogP contribution in [0.3, 0.4) is 0 Å². The molecule has 4 nitrogen and oxygen atoms in total. The van der Waals surface area contributed by atoms with Crippen LogP contribution in [0.2, 0.25) is 0 Å². The van der Waals surface area contributed by atoms with E-state index in [1.54, 1.807) is 18.2 Å². The third-order valence-corrected chi connectivity index (χ3v) is 3.09. The summed E-state index contributed by atoms with van der Waals surface area (Å²) in [5.74, 6) is 0. The Bertz CT molecular complexity index is 346. The van der Waals surface area contributed by atoms with E-state index in [4.69, 9.17) is 5.26 Å². The van der Waals surface area contributed by atoms with Gasteiger partial charge in [-0.3, -0.25) is 0 Å². The first-order valence-corrected chi connectivity index (χ1v) is 5.38. The van der Waals surface area contributed by atoms with Crippen LogP contribution < -0.4 is 3.61 Å². The normalized spacial score (nSPS) is 8.92. The summed E-state index contributed by atoms with van der Waals surface area (Å²) in [6.45, 7) is 0. The Balaban J connectivity index is 3.10. The standard InChI is InChI=1S/C7H4N2O2Te/c8-5-12-7-4-2-1-3-6(7)9(10)11/h1-4H. The minimum atomic E-state index is -1.03. The molecule has 0 bridgehead atoms. The first kappa shape index (κ1) is 8.99. The second kappa shape index (κ2) is 4.06. The zero-order chi connectivity index (χ0) is 8.97. The summed E-state index contributed by atoms with van der Waals surface area (Å²) in [6.07, 6.45) is 0. The molecular weight excluding hydrogens is 272 g/mol. The number of rotatable bonds is 2. The summed E-state index contributed by atoms with van der Waals surface area (Å²) >= 11 is -1.03. The summed E-state index contributed by atoms with van der Waals surface area (Å²) in [7, 11) is 0. The number of para-hydroxylation sites is 1. The van der Waals surface area contributed by atoms with Crippen molar-refractivity contribution in [1.29, 1.82) is 5.26 Å². The molecule has 0 aromatic heterocycles. The second-order valence-electron chi connectivity index (χ2n) is 1.92. The van der Waals surface area contributed by atoms with E-state index < -0.39 is 25.8 Å². The van der Waals surface area contributed by atoms with Crippen LogP contribution in [0.25, 0.3) is 0 Å². The van der Waals surface area contributed by atoms with Gasteiger partial charge in [0.15, 0.2) is 0 Å². The van der Waals surface area contributed by atoms with Gasteiger partial charge in [-0.15, -0.1) is 0 Å². The zero-order valence-corrected chi connectivity index (χ0v) is 8.26. The van der Waals surface area contributed by atoms with Gasteiger partial charge >= 0.3 is 78.9 Å². The van der Waals surface area contributed by atoms with Gasteiger partial charge in [-0.05, 0) is 0 Å². The van der Waals surface area contributed by atoms with Crippen molar-refractivity contribution in [3.05, 3.63) is 34.4 Å². The quantitative estimate of drug-likeness (QED) is 0.446. The van der Waals surface area contributed by atoms with Gasteiger partial charge in [0.1, 0.15) is 0 Å². The van der Waals surface area contributed by atoms with Crippen LogP contribution >= 0.6 is 0 Å². The molecule has 0 saturated carbocycles. The number of benzene rings is 1. The van der Waals surface area contributed by atoms with Crippen LogP contribution in [0, 0.1) is 19.5 Å². The van der Waals surface area contributed by atoms with E-state index in [-0.39, 0.29) is 5.69 Å². The molecule has 0 aliphatic rings. The van der Waals surface area contributed by atoms with Crippen molar-refractivity contribution in [2.45, 2.75) is 0 Å². The Hall–Kier alpha value is -1.10. The maximum absolute atomic E-state index is 10.4. The molecule has 0 saturated heterocycles. The first-order valence-electron chi connectivity index (χ1n) is 3.05. The van der Waals surface area contributed by atoms with E-state index in [0.717, 1.165) is 0 Å². The van der Waals surface area contributed by atoms with Gasteiger partial charge in [0.25, 0.3) is 0 Å². The molecule has 0 amide bonds. The molecule has 0 atom stereocenters.